The Morgan fingerprint density at radius 2 is 2.00 bits per heavy atom. The molecule has 0 atom stereocenters. The summed E-state index contributed by atoms with van der Waals surface area (Å²) >= 11 is 0. The fourth-order valence-electron chi connectivity index (χ4n) is 1.25. The molecule has 15 heavy (non-hydrogen) atoms. The molecule has 1 aromatic carbocycles. The molecule has 0 aliphatic rings. The zero-order valence-electron chi connectivity index (χ0n) is 8.22. The van der Waals surface area contributed by atoms with Gasteiger partial charge in [-0.2, -0.15) is 0 Å². The molecular weight excluding hydrogens is 204 g/mol. The smallest absolute Gasteiger partial charge is 0.170 e. The van der Waals surface area contributed by atoms with E-state index in [4.69, 9.17) is 5.73 Å². The third-order valence-electron chi connectivity index (χ3n) is 1.91. The Hall–Kier alpha value is -1.49. The monoisotopic (exact) mass is 215 g/mol. The predicted octanol–water partition coefficient (Wildman–Crippen LogP) is 1.50. The van der Waals surface area contributed by atoms with E-state index in [0.29, 0.717) is 0 Å². The van der Waals surface area contributed by atoms with E-state index in [-0.39, 0.29) is 24.3 Å². The van der Waals surface area contributed by atoms with Crippen molar-refractivity contribution < 1.29 is 18.3 Å². The third-order valence-corrected chi connectivity index (χ3v) is 1.91. The normalized spacial score (nSPS) is 10.1. The zero-order chi connectivity index (χ0) is 11.4. The van der Waals surface area contributed by atoms with Crippen LogP contribution in [0.25, 0.3) is 0 Å². The summed E-state index contributed by atoms with van der Waals surface area (Å²) in [6.45, 7) is 0.0813. The van der Waals surface area contributed by atoms with Gasteiger partial charge in [0.15, 0.2) is 17.3 Å². The van der Waals surface area contributed by atoms with Crippen LogP contribution in [0.5, 0.6) is 5.75 Å². The molecule has 0 saturated heterocycles. The SMILES string of the molecule is COc1c(F)ccc(F)c1C(=O)CCN. The van der Waals surface area contributed by atoms with Crippen LogP contribution >= 0.6 is 0 Å². The van der Waals surface area contributed by atoms with Crippen LogP contribution in [0, 0.1) is 11.6 Å². The van der Waals surface area contributed by atoms with Crippen molar-refractivity contribution in [2.45, 2.75) is 6.42 Å². The summed E-state index contributed by atoms with van der Waals surface area (Å²) in [6.07, 6.45) is -0.0449. The molecule has 3 nitrogen and oxygen atoms in total. The van der Waals surface area contributed by atoms with Gasteiger partial charge in [0.2, 0.25) is 0 Å². The van der Waals surface area contributed by atoms with Gasteiger partial charge in [-0.15, -0.1) is 0 Å². The van der Waals surface area contributed by atoms with Crippen molar-refractivity contribution in [3.63, 3.8) is 0 Å². The molecule has 0 aromatic heterocycles. The highest BCUT2D eigenvalue weighted by Crippen LogP contribution is 2.26. The third kappa shape index (κ3) is 2.30. The lowest BCUT2D eigenvalue weighted by Crippen LogP contribution is -2.12. The van der Waals surface area contributed by atoms with Crippen LogP contribution in [0.4, 0.5) is 8.78 Å². The summed E-state index contributed by atoms with van der Waals surface area (Å²) in [5, 5.41) is 0. The molecule has 82 valence electrons. The van der Waals surface area contributed by atoms with Crippen molar-refractivity contribution in [2.75, 3.05) is 13.7 Å². The lowest BCUT2D eigenvalue weighted by atomic mass is 10.1. The predicted molar refractivity (Wildman–Crippen MR) is 50.9 cm³/mol. The Morgan fingerprint density at radius 1 is 1.40 bits per heavy atom. The highest BCUT2D eigenvalue weighted by atomic mass is 19.1. The maximum atomic E-state index is 13.3. The van der Waals surface area contributed by atoms with Crippen molar-refractivity contribution in [1.29, 1.82) is 0 Å². The number of rotatable bonds is 4. The number of hydrogen-bond acceptors (Lipinski definition) is 3. The van der Waals surface area contributed by atoms with E-state index in [1.165, 1.54) is 7.11 Å². The number of hydrogen-bond donors (Lipinski definition) is 1. The van der Waals surface area contributed by atoms with Crippen LogP contribution in [0.3, 0.4) is 0 Å². The number of nitrogens with two attached hydrogens (primary N) is 1. The highest BCUT2D eigenvalue weighted by molar-refractivity contribution is 5.99. The van der Waals surface area contributed by atoms with E-state index < -0.39 is 17.4 Å². The van der Waals surface area contributed by atoms with E-state index in [1.54, 1.807) is 0 Å². The molecule has 0 aliphatic heterocycles. The molecule has 0 aliphatic carbocycles. The summed E-state index contributed by atoms with van der Waals surface area (Å²) in [7, 11) is 1.18. The van der Waals surface area contributed by atoms with E-state index in [1.807, 2.05) is 0 Å². The minimum Gasteiger partial charge on any atom is -0.493 e. The van der Waals surface area contributed by atoms with Crippen molar-refractivity contribution >= 4 is 5.78 Å². The van der Waals surface area contributed by atoms with E-state index in [2.05, 4.69) is 4.74 Å². The number of ether oxygens (including phenoxy) is 1. The first kappa shape index (κ1) is 11.6. The van der Waals surface area contributed by atoms with Crippen LogP contribution in [-0.2, 0) is 0 Å². The number of carbonyl (C=O) groups is 1. The van der Waals surface area contributed by atoms with Crippen LogP contribution < -0.4 is 10.5 Å². The molecule has 0 spiro atoms. The first-order valence-electron chi connectivity index (χ1n) is 4.37. The fourth-order valence-corrected chi connectivity index (χ4v) is 1.25. The lowest BCUT2D eigenvalue weighted by Gasteiger charge is -2.08. The Bertz CT molecular complexity index is 380. The van der Waals surface area contributed by atoms with Crippen molar-refractivity contribution in [2.24, 2.45) is 5.73 Å². The average Bonchev–Trinajstić information content (AvgIpc) is 2.21. The Labute approximate surface area is 85.8 Å². The van der Waals surface area contributed by atoms with Gasteiger partial charge in [-0.05, 0) is 18.7 Å². The summed E-state index contributed by atoms with van der Waals surface area (Å²) in [5.41, 5.74) is 4.80. The van der Waals surface area contributed by atoms with Gasteiger partial charge in [0, 0.05) is 6.42 Å². The Morgan fingerprint density at radius 3 is 2.53 bits per heavy atom. The topological polar surface area (TPSA) is 52.3 Å². The van der Waals surface area contributed by atoms with Crippen molar-refractivity contribution in [3.8, 4) is 5.75 Å². The first-order valence-corrected chi connectivity index (χ1v) is 4.37. The number of benzene rings is 1. The van der Waals surface area contributed by atoms with Crippen molar-refractivity contribution in [1.82, 2.24) is 0 Å². The summed E-state index contributed by atoms with van der Waals surface area (Å²) in [4.78, 5) is 11.4. The van der Waals surface area contributed by atoms with Gasteiger partial charge in [-0.25, -0.2) is 8.78 Å². The molecule has 2 N–H and O–H groups in total. The summed E-state index contributed by atoms with van der Waals surface area (Å²) in [6, 6.07) is 1.80. The largest absolute Gasteiger partial charge is 0.493 e. The van der Waals surface area contributed by atoms with Gasteiger partial charge in [0.05, 0.1) is 12.7 Å². The number of carbonyl (C=O) groups excluding carboxylic acids is 1. The summed E-state index contributed by atoms with van der Waals surface area (Å²) in [5.74, 6) is -2.49. The van der Waals surface area contributed by atoms with Crippen LogP contribution in [0.2, 0.25) is 0 Å². The van der Waals surface area contributed by atoms with E-state index in [9.17, 15) is 13.6 Å². The van der Waals surface area contributed by atoms with Gasteiger partial charge in [0.1, 0.15) is 5.82 Å². The maximum absolute atomic E-state index is 13.3. The second kappa shape index (κ2) is 4.84. The van der Waals surface area contributed by atoms with Crippen LogP contribution in [0.1, 0.15) is 16.8 Å². The fraction of sp³-hybridized carbons (Fsp3) is 0.300. The number of ketones is 1. The molecule has 0 saturated carbocycles. The number of methoxy groups -OCH3 is 1. The maximum Gasteiger partial charge on any atom is 0.170 e. The molecule has 1 aromatic rings. The number of Topliss-reactive ketones (excluding diaryl/α,β-unsaturated/α-hetero) is 1. The lowest BCUT2D eigenvalue weighted by molar-refractivity contribution is 0.0977. The zero-order valence-corrected chi connectivity index (χ0v) is 8.22. The molecule has 0 radical (unpaired) electrons. The van der Waals surface area contributed by atoms with Gasteiger partial charge in [-0.1, -0.05) is 0 Å². The average molecular weight is 215 g/mol. The molecule has 0 heterocycles. The van der Waals surface area contributed by atoms with Crippen LogP contribution in [0.15, 0.2) is 12.1 Å². The van der Waals surface area contributed by atoms with E-state index >= 15 is 0 Å². The second-order valence-electron chi connectivity index (χ2n) is 2.90. The minimum absolute atomic E-state index is 0.0449. The van der Waals surface area contributed by atoms with Gasteiger partial charge in [-0.3, -0.25) is 4.79 Å². The Balaban J connectivity index is 3.24. The quantitative estimate of drug-likeness (QED) is 0.774. The standard InChI is InChI=1S/C10H11F2NO2/c1-15-10-7(12)3-2-6(11)9(10)8(14)4-5-13/h2-3H,4-5,13H2,1H3. The molecule has 5 heteroatoms. The molecule has 0 amide bonds. The molecule has 0 unspecified atom stereocenters. The summed E-state index contributed by atoms with van der Waals surface area (Å²) < 4.78 is 31.1. The van der Waals surface area contributed by atoms with Crippen LogP contribution in [-0.4, -0.2) is 19.4 Å². The highest BCUT2D eigenvalue weighted by Gasteiger charge is 2.20. The Kier molecular flexibility index (Phi) is 3.74. The van der Waals surface area contributed by atoms with Gasteiger partial charge < -0.3 is 10.5 Å². The van der Waals surface area contributed by atoms with Gasteiger partial charge >= 0.3 is 0 Å². The van der Waals surface area contributed by atoms with Crippen molar-refractivity contribution in [3.05, 3.63) is 29.3 Å². The molecule has 0 bridgehead atoms. The minimum atomic E-state index is -0.799. The van der Waals surface area contributed by atoms with E-state index in [0.717, 1.165) is 12.1 Å². The number of halogens is 2. The first-order chi connectivity index (χ1) is 7.11. The molecule has 0 fully saturated rings. The molecule has 1 rings (SSSR count). The van der Waals surface area contributed by atoms with Gasteiger partial charge in [0.25, 0.3) is 0 Å². The second-order valence-corrected chi connectivity index (χ2v) is 2.90. The molecular formula is C10H11F2NO2.